The molecule has 8 heteroatoms. The Morgan fingerprint density at radius 2 is 2.05 bits per heavy atom. The molecule has 0 fully saturated rings. The summed E-state index contributed by atoms with van der Waals surface area (Å²) in [5.74, 6) is 0. The predicted octanol–water partition coefficient (Wildman–Crippen LogP) is 1.08. The lowest BCUT2D eigenvalue weighted by molar-refractivity contribution is -0.116. The fourth-order valence-electron chi connectivity index (χ4n) is 1.10. The van der Waals surface area contributed by atoms with Crippen molar-refractivity contribution in [2.24, 2.45) is 0 Å². The third-order valence-electron chi connectivity index (χ3n) is 2.02. The van der Waals surface area contributed by atoms with Crippen LogP contribution in [0, 0.1) is 0 Å². The van der Waals surface area contributed by atoms with E-state index in [0.29, 0.717) is 6.41 Å². The monoisotopic (exact) mass is 318 g/mol. The molecule has 7 nitrogen and oxygen atoms in total. The standard InChI is InChI=1S/C13H22N2O5S/c1-10(14-12(19)20-13(2,3)4)11(18)21-8-6-15(9-17)5-7-16/h6,8-10,16H,5,7H2,1-4H3,(H,14,19). The summed E-state index contributed by atoms with van der Waals surface area (Å²) in [6.07, 6.45) is 1.26. The first-order valence-corrected chi connectivity index (χ1v) is 7.26. The maximum absolute atomic E-state index is 11.8. The van der Waals surface area contributed by atoms with Gasteiger partial charge in [0.15, 0.2) is 0 Å². The number of ether oxygens (including phenoxy) is 1. The Labute approximate surface area is 128 Å². The van der Waals surface area contributed by atoms with E-state index < -0.39 is 17.7 Å². The number of nitrogens with one attached hydrogen (secondary N) is 1. The van der Waals surface area contributed by atoms with Gasteiger partial charge >= 0.3 is 6.09 Å². The first kappa shape index (κ1) is 19.5. The molecule has 0 aromatic carbocycles. The number of hydrogen-bond acceptors (Lipinski definition) is 6. The highest BCUT2D eigenvalue weighted by atomic mass is 32.2. The first-order chi connectivity index (χ1) is 9.69. The molecule has 2 amide bonds. The molecule has 0 radical (unpaired) electrons. The van der Waals surface area contributed by atoms with Crippen molar-refractivity contribution in [1.82, 2.24) is 10.2 Å². The summed E-state index contributed by atoms with van der Waals surface area (Å²) >= 11 is 0.842. The lowest BCUT2D eigenvalue weighted by atomic mass is 10.2. The highest BCUT2D eigenvalue weighted by Crippen LogP contribution is 2.10. The van der Waals surface area contributed by atoms with Crippen molar-refractivity contribution in [2.75, 3.05) is 13.2 Å². The van der Waals surface area contributed by atoms with E-state index in [1.54, 1.807) is 20.8 Å². The summed E-state index contributed by atoms with van der Waals surface area (Å²) < 4.78 is 5.04. The Morgan fingerprint density at radius 3 is 2.52 bits per heavy atom. The van der Waals surface area contributed by atoms with Crippen LogP contribution in [0.4, 0.5) is 4.79 Å². The zero-order valence-corrected chi connectivity index (χ0v) is 13.5. The summed E-state index contributed by atoms with van der Waals surface area (Å²) in [7, 11) is 0. The van der Waals surface area contributed by atoms with Gasteiger partial charge in [0.25, 0.3) is 0 Å². The van der Waals surface area contributed by atoms with Gasteiger partial charge in [0, 0.05) is 12.7 Å². The number of alkyl carbamates (subject to hydrolysis) is 1. The van der Waals surface area contributed by atoms with Crippen molar-refractivity contribution in [3.63, 3.8) is 0 Å². The van der Waals surface area contributed by atoms with E-state index in [2.05, 4.69) is 5.32 Å². The molecule has 2 N–H and O–H groups in total. The lowest BCUT2D eigenvalue weighted by Crippen LogP contribution is -2.40. The second-order valence-electron chi connectivity index (χ2n) is 5.16. The van der Waals surface area contributed by atoms with E-state index in [-0.39, 0.29) is 18.3 Å². The van der Waals surface area contributed by atoms with E-state index in [1.807, 2.05) is 0 Å². The van der Waals surface area contributed by atoms with E-state index in [9.17, 15) is 14.4 Å². The third kappa shape index (κ3) is 9.91. The van der Waals surface area contributed by atoms with Gasteiger partial charge in [-0.1, -0.05) is 11.8 Å². The van der Waals surface area contributed by atoms with Gasteiger partial charge in [0.2, 0.25) is 11.5 Å². The van der Waals surface area contributed by atoms with Crippen molar-refractivity contribution < 1.29 is 24.2 Å². The molecule has 0 aliphatic heterocycles. The average Bonchev–Trinajstić information content (AvgIpc) is 2.34. The minimum Gasteiger partial charge on any atom is -0.444 e. The Morgan fingerprint density at radius 1 is 1.43 bits per heavy atom. The topological polar surface area (TPSA) is 95.9 Å². The summed E-state index contributed by atoms with van der Waals surface area (Å²) in [5.41, 5.74) is -0.630. The Bertz CT molecular complexity index is 393. The molecule has 120 valence electrons. The van der Waals surface area contributed by atoms with E-state index >= 15 is 0 Å². The van der Waals surface area contributed by atoms with Crippen molar-refractivity contribution >= 4 is 29.4 Å². The van der Waals surface area contributed by atoms with E-state index in [0.717, 1.165) is 11.8 Å². The van der Waals surface area contributed by atoms with Crippen LogP contribution < -0.4 is 5.32 Å². The molecule has 0 aromatic rings. The lowest BCUT2D eigenvalue weighted by Gasteiger charge is -2.21. The molecular formula is C13H22N2O5S. The van der Waals surface area contributed by atoms with Gasteiger partial charge in [0.05, 0.1) is 12.6 Å². The molecule has 0 spiro atoms. The summed E-state index contributed by atoms with van der Waals surface area (Å²) in [4.78, 5) is 35.0. The molecule has 0 aromatic heterocycles. The maximum Gasteiger partial charge on any atom is 0.408 e. The molecular weight excluding hydrogens is 296 g/mol. The van der Waals surface area contributed by atoms with Crippen LogP contribution in [0.25, 0.3) is 0 Å². The first-order valence-electron chi connectivity index (χ1n) is 6.38. The average molecular weight is 318 g/mol. The Kier molecular flexibility index (Phi) is 8.72. The minimum atomic E-state index is -0.725. The Balaban J connectivity index is 4.24. The molecule has 0 heterocycles. The predicted molar refractivity (Wildman–Crippen MR) is 80.4 cm³/mol. The van der Waals surface area contributed by atoms with Crippen LogP contribution in [0.1, 0.15) is 27.7 Å². The van der Waals surface area contributed by atoms with Gasteiger partial charge in [-0.2, -0.15) is 0 Å². The number of aliphatic hydroxyl groups is 1. The van der Waals surface area contributed by atoms with Crippen LogP contribution in [0.5, 0.6) is 0 Å². The molecule has 0 saturated heterocycles. The van der Waals surface area contributed by atoms with Crippen LogP contribution in [-0.4, -0.2) is 52.4 Å². The molecule has 0 aliphatic rings. The van der Waals surface area contributed by atoms with Crippen LogP contribution in [0.3, 0.4) is 0 Å². The van der Waals surface area contributed by atoms with Gasteiger partial charge in [-0.05, 0) is 33.1 Å². The quantitative estimate of drug-likeness (QED) is 0.682. The zero-order valence-electron chi connectivity index (χ0n) is 12.7. The van der Waals surface area contributed by atoms with Crippen molar-refractivity contribution in [1.29, 1.82) is 0 Å². The highest BCUT2D eigenvalue weighted by Gasteiger charge is 2.20. The van der Waals surface area contributed by atoms with E-state index in [1.165, 1.54) is 23.4 Å². The molecule has 0 rings (SSSR count). The number of carbonyl (C=O) groups excluding carboxylic acids is 3. The maximum atomic E-state index is 11.8. The largest absolute Gasteiger partial charge is 0.444 e. The van der Waals surface area contributed by atoms with Gasteiger partial charge in [-0.3, -0.25) is 9.59 Å². The number of hydrogen-bond donors (Lipinski definition) is 2. The third-order valence-corrected chi connectivity index (χ3v) is 2.86. The van der Waals surface area contributed by atoms with Gasteiger partial charge in [-0.25, -0.2) is 4.79 Å². The highest BCUT2D eigenvalue weighted by molar-refractivity contribution is 8.16. The number of nitrogens with zero attached hydrogens (tertiary/aromatic N) is 1. The fourth-order valence-corrected chi connectivity index (χ4v) is 1.71. The second-order valence-corrected chi connectivity index (χ2v) is 6.07. The molecule has 1 unspecified atom stereocenters. The molecule has 21 heavy (non-hydrogen) atoms. The number of thioether (sulfide) groups is 1. The van der Waals surface area contributed by atoms with Crippen LogP contribution >= 0.6 is 11.8 Å². The number of amides is 2. The number of carbonyl (C=O) groups is 3. The molecule has 0 saturated carbocycles. The van der Waals surface area contributed by atoms with Crippen molar-refractivity contribution in [2.45, 2.75) is 39.3 Å². The number of aliphatic hydroxyl groups excluding tert-OH is 1. The normalized spacial score (nSPS) is 12.8. The number of rotatable bonds is 7. The molecule has 1 atom stereocenters. The minimum absolute atomic E-state index is 0.153. The zero-order chi connectivity index (χ0) is 16.5. The van der Waals surface area contributed by atoms with Crippen LogP contribution in [-0.2, 0) is 14.3 Å². The SMILES string of the molecule is CC(NC(=O)OC(C)(C)C)C(=O)SC=CN(C=O)CCO. The van der Waals surface area contributed by atoms with Crippen molar-refractivity contribution in [3.8, 4) is 0 Å². The summed E-state index contributed by atoms with van der Waals surface area (Å²) in [6, 6.07) is -0.725. The van der Waals surface area contributed by atoms with Gasteiger partial charge in [-0.15, -0.1) is 0 Å². The van der Waals surface area contributed by atoms with Gasteiger partial charge < -0.3 is 20.1 Å². The van der Waals surface area contributed by atoms with Crippen molar-refractivity contribution in [3.05, 3.63) is 11.6 Å². The second kappa shape index (κ2) is 9.41. The molecule has 0 aliphatic carbocycles. The summed E-state index contributed by atoms with van der Waals surface area (Å²) in [5, 5.41) is 12.2. The fraction of sp³-hybridized carbons (Fsp3) is 0.615. The van der Waals surface area contributed by atoms with E-state index in [4.69, 9.17) is 9.84 Å². The van der Waals surface area contributed by atoms with Gasteiger partial charge in [0.1, 0.15) is 5.60 Å². The summed E-state index contributed by atoms with van der Waals surface area (Å²) in [6.45, 7) is 6.71. The van der Waals surface area contributed by atoms with Crippen LogP contribution in [0.2, 0.25) is 0 Å². The Hall–Kier alpha value is -1.54. The van der Waals surface area contributed by atoms with Crippen LogP contribution in [0.15, 0.2) is 11.6 Å². The smallest absolute Gasteiger partial charge is 0.408 e. The molecule has 0 bridgehead atoms.